The van der Waals surface area contributed by atoms with Gasteiger partial charge < -0.3 is 5.32 Å². The third kappa shape index (κ3) is 4.11. The van der Waals surface area contributed by atoms with E-state index in [1.807, 2.05) is 13.8 Å². The van der Waals surface area contributed by atoms with Crippen molar-refractivity contribution in [1.29, 1.82) is 0 Å². The fraction of sp³-hybridized carbons (Fsp3) is 1.00. The van der Waals surface area contributed by atoms with Crippen molar-refractivity contribution in [3.05, 3.63) is 0 Å². The minimum atomic E-state index is -2.98. The molecule has 1 N–H and O–H groups in total. The van der Waals surface area contributed by atoms with Crippen molar-refractivity contribution in [2.45, 2.75) is 64.0 Å². The van der Waals surface area contributed by atoms with E-state index >= 15 is 0 Å². The average molecular weight is 235 g/mol. The Balaban J connectivity index is 4.48. The van der Waals surface area contributed by atoms with E-state index in [0.717, 1.165) is 13.0 Å². The van der Waals surface area contributed by atoms with E-state index in [4.69, 9.17) is 0 Å². The summed E-state index contributed by atoms with van der Waals surface area (Å²) in [6.07, 6.45) is 1.72. The highest BCUT2D eigenvalue weighted by molar-refractivity contribution is 7.92. The second-order valence-electron chi connectivity index (χ2n) is 4.26. The van der Waals surface area contributed by atoms with Crippen LogP contribution in [0.1, 0.15) is 47.5 Å². The fourth-order valence-corrected chi connectivity index (χ4v) is 3.28. The van der Waals surface area contributed by atoms with Gasteiger partial charge in [0.25, 0.3) is 0 Å². The molecule has 3 nitrogen and oxygen atoms in total. The van der Waals surface area contributed by atoms with Crippen molar-refractivity contribution in [3.8, 4) is 0 Å². The van der Waals surface area contributed by atoms with Gasteiger partial charge in [-0.1, -0.05) is 13.8 Å². The molecule has 0 aromatic heterocycles. The van der Waals surface area contributed by atoms with Crippen LogP contribution in [0.3, 0.4) is 0 Å². The Morgan fingerprint density at radius 3 is 2.07 bits per heavy atom. The highest BCUT2D eigenvalue weighted by atomic mass is 32.2. The Hall–Kier alpha value is -0.0900. The standard InChI is InChI=1S/C11H25NO2S/c1-6-8-12-10(4)11(5)15(13,14)9(3)7-2/h9-12H,6-8H2,1-5H3. The Bertz CT molecular complexity index is 262. The molecule has 0 saturated heterocycles. The third-order valence-corrected chi connectivity index (χ3v) is 5.97. The van der Waals surface area contributed by atoms with E-state index in [1.54, 1.807) is 13.8 Å². The summed E-state index contributed by atoms with van der Waals surface area (Å²) in [6.45, 7) is 10.4. The first-order valence-electron chi connectivity index (χ1n) is 5.83. The van der Waals surface area contributed by atoms with Crippen molar-refractivity contribution in [3.63, 3.8) is 0 Å². The number of rotatable bonds is 7. The van der Waals surface area contributed by atoms with Crippen LogP contribution in [0.4, 0.5) is 0 Å². The molecule has 0 fully saturated rings. The van der Waals surface area contributed by atoms with Crippen molar-refractivity contribution in [1.82, 2.24) is 5.32 Å². The number of nitrogens with one attached hydrogen (secondary N) is 1. The van der Waals surface area contributed by atoms with E-state index < -0.39 is 9.84 Å². The Morgan fingerprint density at radius 1 is 1.13 bits per heavy atom. The Morgan fingerprint density at radius 2 is 1.67 bits per heavy atom. The number of sulfone groups is 1. The second kappa shape index (κ2) is 6.48. The molecule has 0 amide bonds. The summed E-state index contributed by atoms with van der Waals surface area (Å²) in [6, 6.07) is 0.0314. The lowest BCUT2D eigenvalue weighted by molar-refractivity contribution is 0.502. The first kappa shape index (κ1) is 14.9. The zero-order chi connectivity index (χ0) is 12.1. The molecule has 4 heteroatoms. The Kier molecular flexibility index (Phi) is 6.44. The third-order valence-electron chi connectivity index (χ3n) is 3.07. The lowest BCUT2D eigenvalue weighted by Gasteiger charge is -2.24. The smallest absolute Gasteiger partial charge is 0.156 e. The van der Waals surface area contributed by atoms with Crippen molar-refractivity contribution < 1.29 is 8.42 Å². The predicted octanol–water partition coefficient (Wildman–Crippen LogP) is 1.98. The number of hydrogen-bond acceptors (Lipinski definition) is 3. The highest BCUT2D eigenvalue weighted by Gasteiger charge is 2.30. The van der Waals surface area contributed by atoms with Gasteiger partial charge in [-0.15, -0.1) is 0 Å². The van der Waals surface area contributed by atoms with Gasteiger partial charge in [-0.2, -0.15) is 0 Å². The molecule has 0 saturated carbocycles. The summed E-state index contributed by atoms with van der Waals surface area (Å²) >= 11 is 0. The van der Waals surface area contributed by atoms with Crippen molar-refractivity contribution in [2.75, 3.05) is 6.54 Å². The van der Waals surface area contributed by atoms with Gasteiger partial charge in [-0.25, -0.2) is 8.42 Å². The molecule has 0 heterocycles. The molecule has 0 aromatic rings. The van der Waals surface area contributed by atoms with Crippen LogP contribution in [0.25, 0.3) is 0 Å². The topological polar surface area (TPSA) is 46.2 Å². The summed E-state index contributed by atoms with van der Waals surface area (Å²) in [5, 5.41) is 2.69. The van der Waals surface area contributed by atoms with Gasteiger partial charge in [0, 0.05) is 6.04 Å². The molecular weight excluding hydrogens is 210 g/mol. The van der Waals surface area contributed by atoms with Crippen LogP contribution in [-0.4, -0.2) is 31.5 Å². The monoisotopic (exact) mass is 235 g/mol. The van der Waals surface area contributed by atoms with Gasteiger partial charge >= 0.3 is 0 Å². The van der Waals surface area contributed by atoms with Gasteiger partial charge in [0.05, 0.1) is 10.5 Å². The largest absolute Gasteiger partial charge is 0.313 e. The molecule has 0 radical (unpaired) electrons. The summed E-state index contributed by atoms with van der Waals surface area (Å²) in [4.78, 5) is 0. The minimum Gasteiger partial charge on any atom is -0.313 e. The first-order valence-corrected chi connectivity index (χ1v) is 7.44. The minimum absolute atomic E-state index is 0.0314. The van der Waals surface area contributed by atoms with Crippen LogP contribution in [0.15, 0.2) is 0 Å². The molecule has 0 aliphatic rings. The Labute approximate surface area is 94.6 Å². The van der Waals surface area contributed by atoms with Gasteiger partial charge in [0.2, 0.25) is 0 Å². The van der Waals surface area contributed by atoms with E-state index in [1.165, 1.54) is 0 Å². The molecule has 0 aromatic carbocycles. The molecule has 0 bridgehead atoms. The normalized spacial score (nSPS) is 18.5. The molecule has 92 valence electrons. The van der Waals surface area contributed by atoms with E-state index in [0.29, 0.717) is 6.42 Å². The highest BCUT2D eigenvalue weighted by Crippen LogP contribution is 2.15. The zero-order valence-corrected chi connectivity index (χ0v) is 11.4. The molecule has 3 atom stereocenters. The molecule has 3 unspecified atom stereocenters. The van der Waals surface area contributed by atoms with Gasteiger partial charge in [-0.3, -0.25) is 0 Å². The molecule has 0 aliphatic heterocycles. The zero-order valence-electron chi connectivity index (χ0n) is 10.6. The van der Waals surface area contributed by atoms with Gasteiger partial charge in [0.15, 0.2) is 9.84 Å². The first-order chi connectivity index (χ1) is 6.87. The van der Waals surface area contributed by atoms with Crippen molar-refractivity contribution in [2.24, 2.45) is 0 Å². The van der Waals surface area contributed by atoms with Crippen LogP contribution >= 0.6 is 0 Å². The van der Waals surface area contributed by atoms with Crippen LogP contribution in [0.5, 0.6) is 0 Å². The predicted molar refractivity (Wildman–Crippen MR) is 65.9 cm³/mol. The maximum atomic E-state index is 12.0. The SMILES string of the molecule is CCCNC(C)C(C)S(=O)(=O)C(C)CC. The molecule has 15 heavy (non-hydrogen) atoms. The second-order valence-corrected chi connectivity index (χ2v) is 6.98. The molecular formula is C11H25NO2S. The van der Waals surface area contributed by atoms with Gasteiger partial charge in [-0.05, 0) is 40.2 Å². The van der Waals surface area contributed by atoms with Crippen LogP contribution in [0, 0.1) is 0 Å². The maximum absolute atomic E-state index is 12.0. The summed E-state index contributed by atoms with van der Waals surface area (Å²) in [5.41, 5.74) is 0. The molecule has 0 aliphatic carbocycles. The van der Waals surface area contributed by atoms with Crippen molar-refractivity contribution >= 4 is 9.84 Å². The lowest BCUT2D eigenvalue weighted by Crippen LogP contribution is -2.43. The van der Waals surface area contributed by atoms with Crippen LogP contribution < -0.4 is 5.32 Å². The maximum Gasteiger partial charge on any atom is 0.156 e. The quantitative estimate of drug-likeness (QED) is 0.734. The van der Waals surface area contributed by atoms with Crippen LogP contribution in [-0.2, 0) is 9.84 Å². The van der Waals surface area contributed by atoms with Gasteiger partial charge in [0.1, 0.15) is 0 Å². The van der Waals surface area contributed by atoms with Crippen LogP contribution in [0.2, 0.25) is 0 Å². The summed E-state index contributed by atoms with van der Waals surface area (Å²) in [5.74, 6) is 0. The molecule has 0 spiro atoms. The molecule has 0 rings (SSSR count). The lowest BCUT2D eigenvalue weighted by atomic mass is 10.2. The average Bonchev–Trinajstić information content (AvgIpc) is 2.23. The fourth-order valence-electron chi connectivity index (χ4n) is 1.42. The van der Waals surface area contributed by atoms with E-state index in [9.17, 15) is 8.42 Å². The number of hydrogen-bond donors (Lipinski definition) is 1. The van der Waals surface area contributed by atoms with E-state index in [-0.39, 0.29) is 16.5 Å². The van der Waals surface area contributed by atoms with E-state index in [2.05, 4.69) is 12.2 Å². The summed E-state index contributed by atoms with van der Waals surface area (Å²) in [7, 11) is -2.98. The summed E-state index contributed by atoms with van der Waals surface area (Å²) < 4.78 is 24.1.